The minimum atomic E-state index is -0.533. The van der Waals surface area contributed by atoms with Crippen LogP contribution in [-0.2, 0) is 14.3 Å². The van der Waals surface area contributed by atoms with Crippen LogP contribution in [0.25, 0.3) is 0 Å². The molecule has 0 saturated heterocycles. The normalized spacial score (nSPS) is 12.6. The standard InChI is InChI=1S/C36H68O4/c1-3-5-7-9-11-13-15-16-17-18-19-20-22-24-26-28-30-32-39-34-35(33-37)40-36(38)31-29-27-25-23-21-14-12-10-8-6-4-2/h13,15,17-18,35,37H,3-12,14,16,19-34H2,1-2H3/b15-13-,18-17-. The van der Waals surface area contributed by atoms with E-state index in [-0.39, 0.29) is 12.6 Å². The molecule has 0 aliphatic carbocycles. The summed E-state index contributed by atoms with van der Waals surface area (Å²) in [6, 6.07) is 0. The Morgan fingerprint density at radius 2 is 1.05 bits per heavy atom. The Hall–Kier alpha value is -1.13. The van der Waals surface area contributed by atoms with Crippen molar-refractivity contribution in [1.29, 1.82) is 0 Å². The topological polar surface area (TPSA) is 55.8 Å². The van der Waals surface area contributed by atoms with E-state index in [0.29, 0.717) is 19.6 Å². The lowest BCUT2D eigenvalue weighted by molar-refractivity contribution is -0.154. The molecular formula is C36H68O4. The molecule has 0 aromatic rings. The summed E-state index contributed by atoms with van der Waals surface area (Å²) < 4.78 is 11.1. The molecule has 0 aliphatic rings. The maximum atomic E-state index is 12.1. The zero-order valence-electron chi connectivity index (χ0n) is 26.9. The van der Waals surface area contributed by atoms with Crippen LogP contribution >= 0.6 is 0 Å². The number of aliphatic hydroxyl groups excluding tert-OH is 1. The summed E-state index contributed by atoms with van der Waals surface area (Å²) in [5, 5.41) is 9.52. The first-order valence-electron chi connectivity index (χ1n) is 17.4. The highest BCUT2D eigenvalue weighted by molar-refractivity contribution is 5.69. The van der Waals surface area contributed by atoms with Gasteiger partial charge in [-0.3, -0.25) is 4.79 Å². The molecule has 0 bridgehead atoms. The van der Waals surface area contributed by atoms with Gasteiger partial charge in [0.05, 0.1) is 13.2 Å². The molecule has 1 unspecified atom stereocenters. The Morgan fingerprint density at radius 3 is 1.57 bits per heavy atom. The van der Waals surface area contributed by atoms with E-state index in [2.05, 4.69) is 38.2 Å². The lowest BCUT2D eigenvalue weighted by atomic mass is 10.1. The highest BCUT2D eigenvalue weighted by Gasteiger charge is 2.13. The van der Waals surface area contributed by atoms with E-state index in [0.717, 1.165) is 25.7 Å². The Labute approximate surface area is 249 Å². The van der Waals surface area contributed by atoms with Crippen molar-refractivity contribution >= 4 is 5.97 Å². The van der Waals surface area contributed by atoms with Gasteiger partial charge in [-0.15, -0.1) is 0 Å². The van der Waals surface area contributed by atoms with E-state index in [4.69, 9.17) is 9.47 Å². The van der Waals surface area contributed by atoms with Crippen LogP contribution in [0.4, 0.5) is 0 Å². The third-order valence-electron chi connectivity index (χ3n) is 7.53. The molecule has 0 fully saturated rings. The Kier molecular flexibility index (Phi) is 33.1. The molecule has 0 aromatic carbocycles. The van der Waals surface area contributed by atoms with Gasteiger partial charge in [-0.2, -0.15) is 0 Å². The molecule has 0 rings (SSSR count). The molecule has 0 spiro atoms. The highest BCUT2D eigenvalue weighted by atomic mass is 16.6. The molecule has 0 aliphatic heterocycles. The van der Waals surface area contributed by atoms with Crippen LogP contribution < -0.4 is 0 Å². The van der Waals surface area contributed by atoms with Crippen LogP contribution in [0.5, 0.6) is 0 Å². The van der Waals surface area contributed by atoms with E-state index >= 15 is 0 Å². The van der Waals surface area contributed by atoms with Crippen molar-refractivity contribution in [2.24, 2.45) is 0 Å². The first-order valence-corrected chi connectivity index (χ1v) is 17.4. The van der Waals surface area contributed by atoms with Crippen LogP contribution in [0, 0.1) is 0 Å². The molecule has 0 radical (unpaired) electrons. The molecular weight excluding hydrogens is 496 g/mol. The van der Waals surface area contributed by atoms with Crippen molar-refractivity contribution in [3.63, 3.8) is 0 Å². The lowest BCUT2D eigenvalue weighted by Crippen LogP contribution is -2.27. The van der Waals surface area contributed by atoms with Gasteiger partial charge in [-0.05, 0) is 44.9 Å². The number of hydrogen-bond donors (Lipinski definition) is 1. The predicted octanol–water partition coefficient (Wildman–Crippen LogP) is 10.8. The minimum Gasteiger partial charge on any atom is -0.457 e. The zero-order chi connectivity index (χ0) is 29.2. The molecule has 4 heteroatoms. The second kappa shape index (κ2) is 34.1. The summed E-state index contributed by atoms with van der Waals surface area (Å²) in [6.45, 7) is 5.31. The van der Waals surface area contributed by atoms with Gasteiger partial charge in [-0.25, -0.2) is 0 Å². The SMILES string of the molecule is CCCCCC/C=C\C/C=C\CCCCCCCCOCC(CO)OC(=O)CCCCCCCCCCCCC. The van der Waals surface area contributed by atoms with Crippen molar-refractivity contribution < 1.29 is 19.4 Å². The molecule has 4 nitrogen and oxygen atoms in total. The van der Waals surface area contributed by atoms with Gasteiger partial charge in [0, 0.05) is 13.0 Å². The summed E-state index contributed by atoms with van der Waals surface area (Å²) in [5.74, 6) is -0.206. The number of rotatable bonds is 32. The van der Waals surface area contributed by atoms with Crippen molar-refractivity contribution in [3.05, 3.63) is 24.3 Å². The van der Waals surface area contributed by atoms with Crippen molar-refractivity contribution in [3.8, 4) is 0 Å². The highest BCUT2D eigenvalue weighted by Crippen LogP contribution is 2.13. The second-order valence-electron chi connectivity index (χ2n) is 11.6. The van der Waals surface area contributed by atoms with Crippen LogP contribution in [0.2, 0.25) is 0 Å². The predicted molar refractivity (Wildman–Crippen MR) is 173 cm³/mol. The largest absolute Gasteiger partial charge is 0.457 e. The van der Waals surface area contributed by atoms with Gasteiger partial charge in [0.15, 0.2) is 0 Å². The molecule has 1 atom stereocenters. The molecule has 40 heavy (non-hydrogen) atoms. The van der Waals surface area contributed by atoms with Crippen molar-refractivity contribution in [1.82, 2.24) is 0 Å². The number of esters is 1. The number of allylic oxidation sites excluding steroid dienone is 4. The fourth-order valence-corrected chi connectivity index (χ4v) is 4.89. The Morgan fingerprint density at radius 1 is 0.600 bits per heavy atom. The maximum absolute atomic E-state index is 12.1. The van der Waals surface area contributed by atoms with Crippen molar-refractivity contribution in [2.45, 2.75) is 180 Å². The quantitative estimate of drug-likeness (QED) is 0.0501. The smallest absolute Gasteiger partial charge is 0.306 e. The van der Waals surface area contributed by atoms with Gasteiger partial charge in [0.25, 0.3) is 0 Å². The van der Waals surface area contributed by atoms with Gasteiger partial charge in [0.2, 0.25) is 0 Å². The van der Waals surface area contributed by atoms with Crippen molar-refractivity contribution in [2.75, 3.05) is 19.8 Å². The van der Waals surface area contributed by atoms with E-state index in [9.17, 15) is 9.90 Å². The first-order chi connectivity index (χ1) is 19.7. The fourth-order valence-electron chi connectivity index (χ4n) is 4.89. The second-order valence-corrected chi connectivity index (χ2v) is 11.6. The van der Waals surface area contributed by atoms with E-state index in [1.165, 1.54) is 128 Å². The minimum absolute atomic E-state index is 0.173. The zero-order valence-corrected chi connectivity index (χ0v) is 26.9. The fraction of sp³-hybridized carbons (Fsp3) is 0.861. The first kappa shape index (κ1) is 38.9. The molecule has 0 amide bonds. The summed E-state index contributed by atoms with van der Waals surface area (Å²) in [6.07, 6.45) is 39.2. The molecule has 0 heterocycles. The number of carbonyl (C=O) groups is 1. The number of carbonyl (C=O) groups excluding carboxylic acids is 1. The van der Waals surface area contributed by atoms with Crippen LogP contribution in [0.3, 0.4) is 0 Å². The maximum Gasteiger partial charge on any atom is 0.306 e. The van der Waals surface area contributed by atoms with Crippen LogP contribution in [0.15, 0.2) is 24.3 Å². The number of hydrogen-bond acceptors (Lipinski definition) is 4. The third-order valence-corrected chi connectivity index (χ3v) is 7.53. The average molecular weight is 565 g/mol. The van der Waals surface area contributed by atoms with Crippen LogP contribution in [-0.4, -0.2) is 37.0 Å². The van der Waals surface area contributed by atoms with E-state index in [1.54, 1.807) is 0 Å². The van der Waals surface area contributed by atoms with Crippen LogP contribution in [0.1, 0.15) is 174 Å². The van der Waals surface area contributed by atoms with E-state index in [1.807, 2.05) is 0 Å². The molecule has 0 saturated carbocycles. The number of ether oxygens (including phenoxy) is 2. The Balaban J connectivity index is 3.45. The molecule has 0 aromatic heterocycles. The summed E-state index contributed by atoms with van der Waals surface area (Å²) in [4.78, 5) is 12.1. The monoisotopic (exact) mass is 565 g/mol. The average Bonchev–Trinajstić information content (AvgIpc) is 2.96. The van der Waals surface area contributed by atoms with Gasteiger partial charge < -0.3 is 14.6 Å². The summed E-state index contributed by atoms with van der Waals surface area (Å²) >= 11 is 0. The number of unbranched alkanes of at least 4 members (excludes halogenated alkanes) is 20. The third kappa shape index (κ3) is 31.4. The lowest BCUT2D eigenvalue weighted by Gasteiger charge is -2.15. The van der Waals surface area contributed by atoms with Gasteiger partial charge >= 0.3 is 5.97 Å². The molecule has 1 N–H and O–H groups in total. The number of aliphatic hydroxyl groups is 1. The molecule has 236 valence electrons. The summed E-state index contributed by atoms with van der Waals surface area (Å²) in [7, 11) is 0. The van der Waals surface area contributed by atoms with E-state index < -0.39 is 6.10 Å². The van der Waals surface area contributed by atoms with Gasteiger partial charge in [-0.1, -0.05) is 147 Å². The summed E-state index contributed by atoms with van der Waals surface area (Å²) in [5.41, 5.74) is 0. The van der Waals surface area contributed by atoms with Gasteiger partial charge in [0.1, 0.15) is 6.10 Å². The Bertz CT molecular complexity index is 557.